The molecule has 5 heteroatoms. The molecule has 3 aromatic carbocycles. The van der Waals surface area contributed by atoms with Crippen LogP contribution < -0.4 is 10.6 Å². The number of rotatable bonds is 4. The fraction of sp³-hybridized carbons (Fsp3) is 0.0500. The number of benzene rings is 3. The van der Waals surface area contributed by atoms with Crippen molar-refractivity contribution in [2.24, 2.45) is 0 Å². The molecule has 0 saturated carbocycles. The van der Waals surface area contributed by atoms with Crippen LogP contribution in [0.3, 0.4) is 0 Å². The van der Waals surface area contributed by atoms with Crippen molar-refractivity contribution in [3.05, 3.63) is 83.4 Å². The third-order valence-corrected chi connectivity index (χ3v) is 5.08. The summed E-state index contributed by atoms with van der Waals surface area (Å²) < 4.78 is 0. The highest BCUT2D eigenvalue weighted by Gasteiger charge is 2.07. The van der Waals surface area contributed by atoms with E-state index in [-0.39, 0.29) is 0 Å². The molecule has 0 spiro atoms. The van der Waals surface area contributed by atoms with E-state index in [1.165, 1.54) is 4.90 Å². The van der Waals surface area contributed by atoms with Crippen LogP contribution in [0.4, 0.5) is 11.4 Å². The maximum Gasteiger partial charge on any atom is 0.175 e. The lowest BCUT2D eigenvalue weighted by molar-refractivity contribution is 1.39. The predicted molar refractivity (Wildman–Crippen MR) is 113 cm³/mol. The van der Waals surface area contributed by atoms with Gasteiger partial charge in [-0.1, -0.05) is 59.8 Å². The predicted octanol–water partition coefficient (Wildman–Crippen LogP) is 6.61. The van der Waals surface area contributed by atoms with E-state index in [1.807, 2.05) is 61.5 Å². The maximum absolute atomic E-state index is 6.07. The summed E-state index contributed by atoms with van der Waals surface area (Å²) in [5, 5.41) is 7.71. The normalized spacial score (nSPS) is 10.3. The van der Waals surface area contributed by atoms with E-state index in [0.717, 1.165) is 21.8 Å². The molecule has 0 amide bonds. The van der Waals surface area contributed by atoms with Crippen LogP contribution in [0, 0.1) is 6.92 Å². The molecule has 3 rings (SSSR count). The van der Waals surface area contributed by atoms with Crippen LogP contribution in [0.15, 0.2) is 82.6 Å². The Bertz CT molecular complexity index is 882. The molecular weight excluding hydrogens is 368 g/mol. The van der Waals surface area contributed by atoms with Gasteiger partial charge in [0.25, 0.3) is 0 Å². The molecule has 3 aromatic rings. The molecule has 126 valence electrons. The molecule has 0 aliphatic rings. The molecule has 0 radical (unpaired) electrons. The van der Waals surface area contributed by atoms with Crippen molar-refractivity contribution in [1.82, 2.24) is 0 Å². The van der Waals surface area contributed by atoms with E-state index in [0.29, 0.717) is 10.1 Å². The fourth-order valence-electron chi connectivity index (χ4n) is 2.28. The number of aryl methyl sites for hydroxylation is 1. The van der Waals surface area contributed by atoms with Gasteiger partial charge in [0.15, 0.2) is 5.11 Å². The first-order valence-corrected chi connectivity index (χ1v) is 9.38. The standard InChI is InChI=1S/C20H17ClN2S2/c1-14-11-12-15(21)13-18(14)23-20(24)22-17-9-5-6-10-19(17)25-16-7-3-2-4-8-16/h2-13H,1H3,(H2,22,23,24). The lowest BCUT2D eigenvalue weighted by atomic mass is 10.2. The Balaban J connectivity index is 1.74. The lowest BCUT2D eigenvalue weighted by Gasteiger charge is -2.15. The Labute approximate surface area is 162 Å². The van der Waals surface area contributed by atoms with Gasteiger partial charge in [0, 0.05) is 20.5 Å². The number of anilines is 2. The van der Waals surface area contributed by atoms with Crippen molar-refractivity contribution in [1.29, 1.82) is 0 Å². The second-order valence-electron chi connectivity index (χ2n) is 5.45. The van der Waals surface area contributed by atoms with Gasteiger partial charge in [0.05, 0.1) is 5.69 Å². The number of hydrogen-bond acceptors (Lipinski definition) is 2. The second-order valence-corrected chi connectivity index (χ2v) is 7.41. The second kappa shape index (κ2) is 8.39. The maximum atomic E-state index is 6.07. The van der Waals surface area contributed by atoms with E-state index in [2.05, 4.69) is 28.8 Å². The van der Waals surface area contributed by atoms with Gasteiger partial charge in [-0.05, 0) is 61.1 Å². The zero-order valence-corrected chi connectivity index (χ0v) is 16.0. The lowest BCUT2D eigenvalue weighted by Crippen LogP contribution is -2.20. The summed E-state index contributed by atoms with van der Waals surface area (Å²) in [5.41, 5.74) is 2.95. The molecule has 0 atom stereocenters. The molecular formula is C20H17ClN2S2. The molecule has 0 saturated heterocycles. The molecule has 0 bridgehead atoms. The van der Waals surface area contributed by atoms with E-state index < -0.39 is 0 Å². The van der Waals surface area contributed by atoms with Gasteiger partial charge >= 0.3 is 0 Å². The SMILES string of the molecule is Cc1ccc(Cl)cc1NC(=S)Nc1ccccc1Sc1ccccc1. The summed E-state index contributed by atoms with van der Waals surface area (Å²) in [6.45, 7) is 2.01. The fourth-order valence-corrected chi connectivity index (χ4v) is 3.59. The van der Waals surface area contributed by atoms with Crippen molar-refractivity contribution in [3.63, 3.8) is 0 Å². The summed E-state index contributed by atoms with van der Waals surface area (Å²) in [4.78, 5) is 2.29. The quantitative estimate of drug-likeness (QED) is 0.494. The topological polar surface area (TPSA) is 24.1 Å². The van der Waals surface area contributed by atoms with Crippen LogP contribution in [0.5, 0.6) is 0 Å². The van der Waals surface area contributed by atoms with Crippen LogP contribution in [0.1, 0.15) is 5.56 Å². The van der Waals surface area contributed by atoms with Crippen LogP contribution in [-0.4, -0.2) is 5.11 Å². The number of halogens is 1. The monoisotopic (exact) mass is 384 g/mol. The molecule has 0 heterocycles. The highest BCUT2D eigenvalue weighted by Crippen LogP contribution is 2.33. The summed E-state index contributed by atoms with van der Waals surface area (Å²) in [7, 11) is 0. The first kappa shape index (κ1) is 17.8. The zero-order valence-electron chi connectivity index (χ0n) is 13.6. The summed E-state index contributed by atoms with van der Waals surface area (Å²) in [6, 6.07) is 24.1. The van der Waals surface area contributed by atoms with Gasteiger partial charge in [-0.15, -0.1) is 0 Å². The van der Waals surface area contributed by atoms with Crippen LogP contribution >= 0.6 is 35.6 Å². The number of hydrogen-bond donors (Lipinski definition) is 2. The molecule has 2 nitrogen and oxygen atoms in total. The third-order valence-electron chi connectivity index (χ3n) is 3.55. The van der Waals surface area contributed by atoms with Crippen molar-refractivity contribution >= 4 is 52.1 Å². The first-order chi connectivity index (χ1) is 12.1. The Morgan fingerprint density at radius 1 is 0.880 bits per heavy atom. The minimum absolute atomic E-state index is 0.534. The molecule has 0 fully saturated rings. The highest BCUT2D eigenvalue weighted by atomic mass is 35.5. The van der Waals surface area contributed by atoms with Gasteiger partial charge in [-0.25, -0.2) is 0 Å². The highest BCUT2D eigenvalue weighted by molar-refractivity contribution is 7.99. The number of nitrogens with one attached hydrogen (secondary N) is 2. The summed E-state index contributed by atoms with van der Waals surface area (Å²) in [5.74, 6) is 0. The average Bonchev–Trinajstić information content (AvgIpc) is 2.61. The number of para-hydroxylation sites is 1. The van der Waals surface area contributed by atoms with Gasteiger partial charge in [-0.3, -0.25) is 0 Å². The van der Waals surface area contributed by atoms with Crippen LogP contribution in [-0.2, 0) is 0 Å². The van der Waals surface area contributed by atoms with Crippen LogP contribution in [0.2, 0.25) is 5.02 Å². The Morgan fingerprint density at radius 2 is 1.56 bits per heavy atom. The van der Waals surface area contributed by atoms with E-state index in [9.17, 15) is 0 Å². The largest absolute Gasteiger partial charge is 0.332 e. The third kappa shape index (κ3) is 4.98. The van der Waals surface area contributed by atoms with Gasteiger partial charge < -0.3 is 10.6 Å². The molecule has 25 heavy (non-hydrogen) atoms. The zero-order chi connectivity index (χ0) is 17.6. The van der Waals surface area contributed by atoms with Gasteiger partial charge in [-0.2, -0.15) is 0 Å². The summed E-state index contributed by atoms with van der Waals surface area (Å²) >= 11 is 13.2. The minimum Gasteiger partial charge on any atom is -0.332 e. The Morgan fingerprint density at radius 3 is 2.36 bits per heavy atom. The van der Waals surface area contributed by atoms with Crippen molar-refractivity contribution in [2.75, 3.05) is 10.6 Å². The summed E-state index contributed by atoms with van der Waals surface area (Å²) in [6.07, 6.45) is 0. The van der Waals surface area contributed by atoms with E-state index >= 15 is 0 Å². The Hall–Kier alpha value is -2.01. The van der Waals surface area contributed by atoms with Crippen molar-refractivity contribution in [3.8, 4) is 0 Å². The van der Waals surface area contributed by atoms with Crippen molar-refractivity contribution in [2.45, 2.75) is 16.7 Å². The first-order valence-electron chi connectivity index (χ1n) is 7.78. The molecule has 0 aliphatic heterocycles. The van der Waals surface area contributed by atoms with Gasteiger partial charge in [0.1, 0.15) is 0 Å². The van der Waals surface area contributed by atoms with E-state index in [1.54, 1.807) is 11.8 Å². The average molecular weight is 385 g/mol. The van der Waals surface area contributed by atoms with Gasteiger partial charge in [0.2, 0.25) is 0 Å². The smallest absolute Gasteiger partial charge is 0.175 e. The minimum atomic E-state index is 0.534. The molecule has 2 N–H and O–H groups in total. The van der Waals surface area contributed by atoms with Crippen molar-refractivity contribution < 1.29 is 0 Å². The van der Waals surface area contributed by atoms with Crippen LogP contribution in [0.25, 0.3) is 0 Å². The molecule has 0 unspecified atom stereocenters. The molecule has 0 aliphatic carbocycles. The molecule has 0 aromatic heterocycles. The Kier molecular flexibility index (Phi) is 5.97. The number of thiocarbonyl (C=S) groups is 1. The van der Waals surface area contributed by atoms with E-state index in [4.69, 9.17) is 23.8 Å².